The van der Waals surface area contributed by atoms with Gasteiger partial charge in [0.05, 0.1) is 13.2 Å². The second-order valence-corrected chi connectivity index (χ2v) is 6.35. The highest BCUT2D eigenvalue weighted by molar-refractivity contribution is 5.68. The summed E-state index contributed by atoms with van der Waals surface area (Å²) >= 11 is 0. The molecule has 0 amide bonds. The molecule has 0 bridgehead atoms. The molecule has 2 aromatic rings. The van der Waals surface area contributed by atoms with Crippen molar-refractivity contribution in [2.75, 3.05) is 13.1 Å². The Hall–Kier alpha value is -1.68. The van der Waals surface area contributed by atoms with Crippen LogP contribution >= 0.6 is 0 Å². The Morgan fingerprint density at radius 3 is 2.26 bits per heavy atom. The van der Waals surface area contributed by atoms with Gasteiger partial charge in [0.2, 0.25) is 0 Å². The highest BCUT2D eigenvalue weighted by Gasteiger charge is 2.19. The minimum absolute atomic E-state index is 0.000429. The molecule has 1 saturated heterocycles. The highest BCUT2D eigenvalue weighted by Crippen LogP contribution is 2.29. The zero-order valence-electron chi connectivity index (χ0n) is 13.7. The SMILES string of the molecule is CC(c1ccc(-c2ccc(CO)cc2CO)cc1)N1CCCC1. The van der Waals surface area contributed by atoms with Crippen molar-refractivity contribution in [3.63, 3.8) is 0 Å². The van der Waals surface area contributed by atoms with Crippen LogP contribution in [0.2, 0.25) is 0 Å². The number of hydrogen-bond donors (Lipinski definition) is 2. The third-order valence-corrected chi connectivity index (χ3v) is 4.92. The molecule has 3 heteroatoms. The number of aliphatic hydroxyl groups is 2. The van der Waals surface area contributed by atoms with Crippen molar-refractivity contribution in [3.05, 3.63) is 59.2 Å². The molecule has 2 aromatic carbocycles. The topological polar surface area (TPSA) is 43.7 Å². The molecule has 1 heterocycles. The van der Waals surface area contributed by atoms with Crippen LogP contribution in [0.15, 0.2) is 42.5 Å². The molecular formula is C20H25NO2. The van der Waals surface area contributed by atoms with Crippen LogP contribution in [0.1, 0.15) is 42.5 Å². The second kappa shape index (κ2) is 7.26. The van der Waals surface area contributed by atoms with Gasteiger partial charge in [-0.15, -0.1) is 0 Å². The third-order valence-electron chi connectivity index (χ3n) is 4.92. The van der Waals surface area contributed by atoms with E-state index in [-0.39, 0.29) is 13.2 Å². The van der Waals surface area contributed by atoms with E-state index in [0.29, 0.717) is 6.04 Å². The van der Waals surface area contributed by atoms with Crippen molar-refractivity contribution in [1.29, 1.82) is 0 Å². The van der Waals surface area contributed by atoms with Gasteiger partial charge in [-0.05, 0) is 60.7 Å². The Kier molecular flexibility index (Phi) is 5.11. The fourth-order valence-electron chi connectivity index (χ4n) is 3.44. The molecule has 0 saturated carbocycles. The number of rotatable bonds is 5. The van der Waals surface area contributed by atoms with Gasteiger partial charge in [0, 0.05) is 6.04 Å². The molecule has 0 radical (unpaired) electrons. The molecule has 3 rings (SSSR count). The summed E-state index contributed by atoms with van der Waals surface area (Å²) < 4.78 is 0. The minimum atomic E-state index is -0.0187. The predicted molar refractivity (Wildman–Crippen MR) is 92.9 cm³/mol. The van der Waals surface area contributed by atoms with Crippen LogP contribution in [0, 0.1) is 0 Å². The maximum absolute atomic E-state index is 9.60. The smallest absolute Gasteiger partial charge is 0.0687 e. The van der Waals surface area contributed by atoms with E-state index < -0.39 is 0 Å². The lowest BCUT2D eigenvalue weighted by Crippen LogP contribution is -2.23. The van der Waals surface area contributed by atoms with Crippen LogP contribution in [0.3, 0.4) is 0 Å². The number of likely N-dealkylation sites (tertiary alicyclic amines) is 1. The Balaban J connectivity index is 1.84. The zero-order chi connectivity index (χ0) is 16.2. The summed E-state index contributed by atoms with van der Waals surface area (Å²) in [4.78, 5) is 2.53. The summed E-state index contributed by atoms with van der Waals surface area (Å²) in [5.41, 5.74) is 5.17. The fourth-order valence-corrected chi connectivity index (χ4v) is 3.44. The largest absolute Gasteiger partial charge is 0.392 e. The van der Waals surface area contributed by atoms with Gasteiger partial charge in [0.1, 0.15) is 0 Å². The van der Waals surface area contributed by atoms with E-state index in [9.17, 15) is 10.2 Å². The lowest BCUT2D eigenvalue weighted by Gasteiger charge is -2.24. The average molecular weight is 311 g/mol. The van der Waals surface area contributed by atoms with E-state index in [0.717, 1.165) is 22.3 Å². The van der Waals surface area contributed by atoms with Gasteiger partial charge in [-0.1, -0.05) is 42.5 Å². The predicted octanol–water partition coefficient (Wildman–Crippen LogP) is 3.50. The summed E-state index contributed by atoms with van der Waals surface area (Å²) in [6, 6.07) is 14.9. The first-order valence-electron chi connectivity index (χ1n) is 8.41. The van der Waals surface area contributed by atoms with E-state index in [1.807, 2.05) is 18.2 Å². The molecule has 1 aliphatic heterocycles. The minimum Gasteiger partial charge on any atom is -0.392 e. The molecule has 1 atom stereocenters. The highest BCUT2D eigenvalue weighted by atomic mass is 16.3. The average Bonchev–Trinajstić information content (AvgIpc) is 3.15. The van der Waals surface area contributed by atoms with Crippen LogP contribution in [-0.4, -0.2) is 28.2 Å². The molecule has 1 aliphatic rings. The van der Waals surface area contributed by atoms with Crippen molar-refractivity contribution in [2.45, 2.75) is 39.0 Å². The standard InChI is InChI=1S/C20H25NO2/c1-15(21-10-2-3-11-21)17-5-7-18(8-6-17)20-9-4-16(13-22)12-19(20)14-23/h4-9,12,15,22-23H,2-3,10-11,13-14H2,1H3. The van der Waals surface area contributed by atoms with Crippen LogP contribution in [0.4, 0.5) is 0 Å². The quantitative estimate of drug-likeness (QED) is 0.888. The van der Waals surface area contributed by atoms with Gasteiger partial charge in [-0.25, -0.2) is 0 Å². The molecule has 1 unspecified atom stereocenters. The molecular weight excluding hydrogens is 286 g/mol. The lowest BCUT2D eigenvalue weighted by molar-refractivity contribution is 0.263. The number of nitrogens with zero attached hydrogens (tertiary/aromatic N) is 1. The van der Waals surface area contributed by atoms with Gasteiger partial charge in [0.15, 0.2) is 0 Å². The van der Waals surface area contributed by atoms with Crippen LogP contribution in [0.25, 0.3) is 11.1 Å². The molecule has 0 aliphatic carbocycles. The number of aliphatic hydroxyl groups excluding tert-OH is 2. The van der Waals surface area contributed by atoms with Gasteiger partial charge >= 0.3 is 0 Å². The summed E-state index contributed by atoms with van der Waals surface area (Å²) in [7, 11) is 0. The molecule has 0 spiro atoms. The Bertz CT molecular complexity index is 645. The van der Waals surface area contributed by atoms with Crippen molar-refractivity contribution in [3.8, 4) is 11.1 Å². The Morgan fingerprint density at radius 2 is 1.65 bits per heavy atom. The molecule has 2 N–H and O–H groups in total. The van der Waals surface area contributed by atoms with Crippen molar-refractivity contribution < 1.29 is 10.2 Å². The van der Waals surface area contributed by atoms with Gasteiger partial charge in [-0.2, -0.15) is 0 Å². The van der Waals surface area contributed by atoms with E-state index in [1.165, 1.54) is 31.5 Å². The normalized spacial score (nSPS) is 16.7. The third kappa shape index (κ3) is 3.47. The summed E-state index contributed by atoms with van der Waals surface area (Å²) in [6.07, 6.45) is 2.61. The van der Waals surface area contributed by atoms with Gasteiger partial charge in [0.25, 0.3) is 0 Å². The van der Waals surface area contributed by atoms with Crippen LogP contribution < -0.4 is 0 Å². The summed E-state index contributed by atoms with van der Waals surface area (Å²) in [5.74, 6) is 0. The molecule has 1 fully saturated rings. The van der Waals surface area contributed by atoms with Gasteiger partial charge < -0.3 is 10.2 Å². The Morgan fingerprint density at radius 1 is 0.957 bits per heavy atom. The van der Waals surface area contributed by atoms with Crippen molar-refractivity contribution in [1.82, 2.24) is 4.90 Å². The van der Waals surface area contributed by atoms with Crippen LogP contribution in [-0.2, 0) is 13.2 Å². The molecule has 0 aromatic heterocycles. The number of benzene rings is 2. The fraction of sp³-hybridized carbons (Fsp3) is 0.400. The van der Waals surface area contributed by atoms with E-state index in [4.69, 9.17) is 0 Å². The van der Waals surface area contributed by atoms with Crippen LogP contribution in [0.5, 0.6) is 0 Å². The first kappa shape index (κ1) is 16.2. The first-order chi connectivity index (χ1) is 11.2. The van der Waals surface area contributed by atoms with Crippen molar-refractivity contribution >= 4 is 0 Å². The van der Waals surface area contributed by atoms with Crippen molar-refractivity contribution in [2.24, 2.45) is 0 Å². The van der Waals surface area contributed by atoms with E-state index >= 15 is 0 Å². The van der Waals surface area contributed by atoms with Gasteiger partial charge in [-0.3, -0.25) is 4.90 Å². The Labute approximate surface area is 138 Å². The number of hydrogen-bond acceptors (Lipinski definition) is 3. The second-order valence-electron chi connectivity index (χ2n) is 6.35. The molecule has 122 valence electrons. The molecule has 3 nitrogen and oxygen atoms in total. The molecule has 23 heavy (non-hydrogen) atoms. The summed E-state index contributed by atoms with van der Waals surface area (Å²) in [5, 5.41) is 18.8. The van der Waals surface area contributed by atoms with E-state index in [1.54, 1.807) is 0 Å². The lowest BCUT2D eigenvalue weighted by atomic mass is 9.96. The first-order valence-corrected chi connectivity index (χ1v) is 8.41. The maximum Gasteiger partial charge on any atom is 0.0687 e. The summed E-state index contributed by atoms with van der Waals surface area (Å²) in [6.45, 7) is 4.64. The maximum atomic E-state index is 9.60. The monoisotopic (exact) mass is 311 g/mol. The van der Waals surface area contributed by atoms with E-state index in [2.05, 4.69) is 36.1 Å². The zero-order valence-corrected chi connectivity index (χ0v) is 13.7.